The standard InChI is InChI=1S/C16H24ClN3.C2H6/c1-19-12-16(14-11-13(17)3-4-15(14)19)5-9-20(10-6-16)8-2-7-18;1-2/h3-4,11H,2,5-10,12,18H2,1H3;1-2H3. The smallest absolute Gasteiger partial charge is 0.0410 e. The van der Waals surface area contributed by atoms with Gasteiger partial charge in [0.1, 0.15) is 0 Å². The van der Waals surface area contributed by atoms with Crippen LogP contribution in [-0.2, 0) is 5.41 Å². The Bertz CT molecular complexity index is 481. The van der Waals surface area contributed by atoms with Gasteiger partial charge >= 0.3 is 0 Å². The van der Waals surface area contributed by atoms with E-state index >= 15 is 0 Å². The average Bonchev–Trinajstić information content (AvgIpc) is 2.81. The third-order valence-electron chi connectivity index (χ3n) is 4.97. The van der Waals surface area contributed by atoms with Gasteiger partial charge in [0.2, 0.25) is 0 Å². The highest BCUT2D eigenvalue weighted by molar-refractivity contribution is 6.30. The first-order chi connectivity index (χ1) is 10.6. The van der Waals surface area contributed by atoms with E-state index in [0.717, 1.165) is 31.1 Å². The fraction of sp³-hybridized carbons (Fsp3) is 0.667. The number of nitrogens with zero attached hydrogens (tertiary/aromatic N) is 2. The topological polar surface area (TPSA) is 32.5 Å². The Morgan fingerprint density at radius 1 is 1.23 bits per heavy atom. The Morgan fingerprint density at radius 2 is 1.91 bits per heavy atom. The van der Waals surface area contributed by atoms with E-state index in [9.17, 15) is 0 Å². The minimum atomic E-state index is 0.314. The van der Waals surface area contributed by atoms with E-state index in [4.69, 9.17) is 17.3 Å². The number of hydrogen-bond acceptors (Lipinski definition) is 3. The molecule has 0 unspecified atom stereocenters. The molecular formula is C18H30ClN3. The summed E-state index contributed by atoms with van der Waals surface area (Å²) in [7, 11) is 2.20. The number of fused-ring (bicyclic) bond motifs is 2. The third-order valence-corrected chi connectivity index (χ3v) is 5.21. The van der Waals surface area contributed by atoms with Gasteiger partial charge in [0.05, 0.1) is 0 Å². The molecule has 1 aromatic rings. The van der Waals surface area contributed by atoms with Crippen molar-refractivity contribution in [1.82, 2.24) is 4.90 Å². The maximum absolute atomic E-state index is 6.23. The van der Waals surface area contributed by atoms with Crippen molar-refractivity contribution in [1.29, 1.82) is 0 Å². The van der Waals surface area contributed by atoms with E-state index in [1.54, 1.807) is 0 Å². The zero-order chi connectivity index (χ0) is 16.2. The quantitative estimate of drug-likeness (QED) is 0.924. The molecule has 1 fully saturated rings. The van der Waals surface area contributed by atoms with Gasteiger partial charge in [0.15, 0.2) is 0 Å². The summed E-state index contributed by atoms with van der Waals surface area (Å²) in [4.78, 5) is 4.95. The summed E-state index contributed by atoms with van der Waals surface area (Å²) in [6.07, 6.45) is 3.57. The summed E-state index contributed by atoms with van der Waals surface area (Å²) in [5.74, 6) is 0. The molecule has 0 bridgehead atoms. The molecule has 0 radical (unpaired) electrons. The van der Waals surface area contributed by atoms with Crippen molar-refractivity contribution < 1.29 is 0 Å². The van der Waals surface area contributed by atoms with Gasteiger partial charge in [0, 0.05) is 29.7 Å². The Kier molecular flexibility index (Phi) is 6.13. The van der Waals surface area contributed by atoms with Crippen molar-refractivity contribution in [3.63, 3.8) is 0 Å². The van der Waals surface area contributed by atoms with Crippen LogP contribution in [0.1, 0.15) is 38.7 Å². The summed E-state index contributed by atoms with van der Waals surface area (Å²) in [6, 6.07) is 6.37. The molecule has 2 aliphatic rings. The molecular weight excluding hydrogens is 294 g/mol. The van der Waals surface area contributed by atoms with E-state index in [2.05, 4.69) is 29.0 Å². The molecule has 1 spiro atoms. The Hall–Kier alpha value is -0.770. The van der Waals surface area contributed by atoms with Crippen molar-refractivity contribution >= 4 is 17.3 Å². The van der Waals surface area contributed by atoms with Crippen molar-refractivity contribution in [2.75, 3.05) is 44.7 Å². The summed E-state index contributed by atoms with van der Waals surface area (Å²) in [5.41, 5.74) is 8.75. The molecule has 3 rings (SSSR count). The first kappa shape index (κ1) is 17.6. The number of anilines is 1. The summed E-state index contributed by atoms with van der Waals surface area (Å²) < 4.78 is 0. The van der Waals surface area contributed by atoms with Gasteiger partial charge in [0.25, 0.3) is 0 Å². The Morgan fingerprint density at radius 3 is 2.55 bits per heavy atom. The summed E-state index contributed by atoms with van der Waals surface area (Å²) in [5, 5.41) is 0.865. The zero-order valence-electron chi connectivity index (χ0n) is 14.2. The molecule has 2 heterocycles. The number of rotatable bonds is 3. The van der Waals surface area contributed by atoms with E-state index in [1.165, 1.54) is 37.2 Å². The molecule has 0 aliphatic carbocycles. The second-order valence-electron chi connectivity index (χ2n) is 6.28. The Balaban J connectivity index is 0.000000847. The van der Waals surface area contributed by atoms with Gasteiger partial charge in [-0.1, -0.05) is 25.4 Å². The van der Waals surface area contributed by atoms with Crippen LogP contribution in [-0.4, -0.2) is 44.7 Å². The number of likely N-dealkylation sites (tertiary alicyclic amines) is 1. The minimum absolute atomic E-state index is 0.314. The molecule has 3 nitrogen and oxygen atoms in total. The molecule has 4 heteroatoms. The lowest BCUT2D eigenvalue weighted by atomic mass is 9.74. The van der Waals surface area contributed by atoms with E-state index < -0.39 is 0 Å². The van der Waals surface area contributed by atoms with Crippen molar-refractivity contribution in [2.24, 2.45) is 5.73 Å². The van der Waals surface area contributed by atoms with Crippen LogP contribution in [0.5, 0.6) is 0 Å². The second kappa shape index (κ2) is 7.67. The van der Waals surface area contributed by atoms with Crippen LogP contribution < -0.4 is 10.6 Å². The lowest BCUT2D eigenvalue weighted by Crippen LogP contribution is -2.45. The highest BCUT2D eigenvalue weighted by atomic mass is 35.5. The normalized spacial score (nSPS) is 19.8. The number of piperidine rings is 1. The molecule has 2 N–H and O–H groups in total. The van der Waals surface area contributed by atoms with Crippen LogP contribution in [0.3, 0.4) is 0 Å². The van der Waals surface area contributed by atoms with Crippen LogP contribution in [0.4, 0.5) is 5.69 Å². The largest absolute Gasteiger partial charge is 0.373 e. The van der Waals surface area contributed by atoms with Crippen molar-refractivity contribution in [3.8, 4) is 0 Å². The van der Waals surface area contributed by atoms with Gasteiger partial charge in [-0.2, -0.15) is 0 Å². The number of hydrogen-bond donors (Lipinski definition) is 1. The molecule has 124 valence electrons. The molecule has 1 saturated heterocycles. The van der Waals surface area contributed by atoms with Gasteiger partial charge in [-0.3, -0.25) is 0 Å². The lowest BCUT2D eigenvalue weighted by molar-refractivity contribution is 0.166. The zero-order valence-corrected chi connectivity index (χ0v) is 15.0. The fourth-order valence-corrected chi connectivity index (χ4v) is 4.01. The number of nitrogens with two attached hydrogens (primary N) is 1. The molecule has 0 atom stereocenters. The monoisotopic (exact) mass is 323 g/mol. The highest BCUT2D eigenvalue weighted by Gasteiger charge is 2.43. The van der Waals surface area contributed by atoms with Gasteiger partial charge in [-0.15, -0.1) is 0 Å². The maximum atomic E-state index is 6.23. The molecule has 0 amide bonds. The van der Waals surface area contributed by atoms with Crippen LogP contribution in [0.25, 0.3) is 0 Å². The predicted octanol–water partition coefficient (Wildman–Crippen LogP) is 3.50. The molecule has 0 aromatic heterocycles. The molecule has 0 saturated carbocycles. The lowest BCUT2D eigenvalue weighted by Gasteiger charge is -2.40. The molecule has 2 aliphatic heterocycles. The highest BCUT2D eigenvalue weighted by Crippen LogP contribution is 2.47. The third kappa shape index (κ3) is 3.42. The molecule has 1 aromatic carbocycles. The second-order valence-corrected chi connectivity index (χ2v) is 6.72. The number of benzene rings is 1. The summed E-state index contributed by atoms with van der Waals surface area (Å²) in [6.45, 7) is 9.43. The fourth-order valence-electron chi connectivity index (χ4n) is 3.84. The van der Waals surface area contributed by atoms with Gasteiger partial charge in [-0.25, -0.2) is 0 Å². The minimum Gasteiger partial charge on any atom is -0.373 e. The summed E-state index contributed by atoms with van der Waals surface area (Å²) >= 11 is 6.23. The Labute approximate surface area is 140 Å². The van der Waals surface area contributed by atoms with Crippen molar-refractivity contribution in [2.45, 2.75) is 38.5 Å². The number of halogens is 1. The van der Waals surface area contributed by atoms with Crippen molar-refractivity contribution in [3.05, 3.63) is 28.8 Å². The molecule has 22 heavy (non-hydrogen) atoms. The van der Waals surface area contributed by atoms with Gasteiger partial charge < -0.3 is 15.5 Å². The van der Waals surface area contributed by atoms with E-state index in [1.807, 2.05) is 19.9 Å². The van der Waals surface area contributed by atoms with Crippen LogP contribution in [0, 0.1) is 0 Å². The first-order valence-corrected chi connectivity index (χ1v) is 8.96. The van der Waals surface area contributed by atoms with Crippen LogP contribution >= 0.6 is 11.6 Å². The maximum Gasteiger partial charge on any atom is 0.0410 e. The van der Waals surface area contributed by atoms with Crippen LogP contribution in [0.15, 0.2) is 18.2 Å². The predicted molar refractivity (Wildman–Crippen MR) is 97.1 cm³/mol. The average molecular weight is 324 g/mol. The van der Waals surface area contributed by atoms with Crippen LogP contribution in [0.2, 0.25) is 5.02 Å². The van der Waals surface area contributed by atoms with Gasteiger partial charge in [-0.05, 0) is 69.2 Å². The van der Waals surface area contributed by atoms with E-state index in [0.29, 0.717) is 5.41 Å². The SMILES string of the molecule is CC.CN1CC2(CCN(CCCN)CC2)c2cc(Cl)ccc21. The first-order valence-electron chi connectivity index (χ1n) is 8.58. The number of likely N-dealkylation sites (N-methyl/N-ethyl adjacent to an activating group) is 1. The van der Waals surface area contributed by atoms with E-state index in [-0.39, 0.29) is 0 Å².